The summed E-state index contributed by atoms with van der Waals surface area (Å²) in [6.07, 6.45) is 3.18. The molecular weight excluding hydrogens is 521 g/mol. The van der Waals surface area contributed by atoms with Gasteiger partial charge in [0.15, 0.2) is 0 Å². The van der Waals surface area contributed by atoms with Crippen LogP contribution in [0.4, 0.5) is 18.9 Å². The van der Waals surface area contributed by atoms with Gasteiger partial charge in [-0.2, -0.15) is 13.2 Å². The van der Waals surface area contributed by atoms with Gasteiger partial charge in [0.1, 0.15) is 12.3 Å². The number of pyridine rings is 2. The average Bonchev–Trinajstić information content (AvgIpc) is 2.93. The molecule has 0 bridgehead atoms. The molecular formula is C30H33F3N4O3. The lowest BCUT2D eigenvalue weighted by atomic mass is 10.0. The summed E-state index contributed by atoms with van der Waals surface area (Å²) in [4.78, 5) is 38.1. The third-order valence-electron chi connectivity index (χ3n) is 7.00. The quantitative estimate of drug-likeness (QED) is 0.392. The van der Waals surface area contributed by atoms with Gasteiger partial charge in [0, 0.05) is 44.8 Å². The standard InChI is InChI=1S/C30H33F3N4O3/c1-21-25(11-13-27(35-21)30(31,32)33)29(39)36-15-6-4-3-5-7-16-37(28(38)20-40-2)26-12-10-22(17-24(26)19-36)23-9-8-14-34-18-23/h8-14,17-18H,3-7,15-16,19-20H2,1-2H3. The van der Waals surface area contributed by atoms with E-state index in [1.807, 2.05) is 30.3 Å². The molecule has 0 radical (unpaired) electrons. The first-order valence-electron chi connectivity index (χ1n) is 13.4. The van der Waals surface area contributed by atoms with E-state index in [0.717, 1.165) is 54.9 Å². The molecule has 0 fully saturated rings. The van der Waals surface area contributed by atoms with Crippen LogP contribution in [0.25, 0.3) is 11.1 Å². The molecule has 1 aliphatic rings. The minimum atomic E-state index is -4.60. The van der Waals surface area contributed by atoms with E-state index in [4.69, 9.17) is 4.74 Å². The number of hydrogen-bond acceptors (Lipinski definition) is 5. The van der Waals surface area contributed by atoms with Crippen LogP contribution in [0.5, 0.6) is 0 Å². The summed E-state index contributed by atoms with van der Waals surface area (Å²) in [7, 11) is 1.47. The SMILES string of the molecule is COCC(=O)N1CCCCCCCN(C(=O)c2ccc(C(F)(F)F)nc2C)Cc2cc(-c3cccnc3)ccc21. The van der Waals surface area contributed by atoms with E-state index in [-0.39, 0.29) is 30.3 Å². The monoisotopic (exact) mass is 554 g/mol. The van der Waals surface area contributed by atoms with Crippen LogP contribution in [-0.2, 0) is 22.3 Å². The molecule has 4 rings (SSSR count). The third-order valence-corrected chi connectivity index (χ3v) is 7.00. The first-order chi connectivity index (χ1) is 19.2. The van der Waals surface area contributed by atoms with Crippen LogP contribution in [0.1, 0.15) is 59.4 Å². The second kappa shape index (κ2) is 13.0. The van der Waals surface area contributed by atoms with Gasteiger partial charge in [-0.25, -0.2) is 4.98 Å². The van der Waals surface area contributed by atoms with Crippen molar-refractivity contribution in [2.24, 2.45) is 0 Å². The first kappa shape index (κ1) is 29.2. The summed E-state index contributed by atoms with van der Waals surface area (Å²) < 4.78 is 44.8. The minimum absolute atomic E-state index is 0.0205. The Morgan fingerprint density at radius 3 is 2.40 bits per heavy atom. The lowest BCUT2D eigenvalue weighted by Gasteiger charge is -2.30. The van der Waals surface area contributed by atoms with Crippen molar-refractivity contribution in [2.45, 2.75) is 51.7 Å². The van der Waals surface area contributed by atoms with Crippen molar-refractivity contribution in [1.29, 1.82) is 0 Å². The van der Waals surface area contributed by atoms with Gasteiger partial charge in [-0.3, -0.25) is 14.6 Å². The molecule has 3 heterocycles. The zero-order valence-corrected chi connectivity index (χ0v) is 22.7. The Labute approximate surface area is 232 Å². The first-order valence-corrected chi connectivity index (χ1v) is 13.4. The zero-order valence-electron chi connectivity index (χ0n) is 22.7. The fraction of sp³-hybridized carbons (Fsp3) is 0.400. The highest BCUT2D eigenvalue weighted by molar-refractivity contribution is 5.97. The normalized spacial score (nSPS) is 15.1. The zero-order chi connectivity index (χ0) is 28.7. The Bertz CT molecular complexity index is 1330. The molecule has 3 aromatic rings. The number of rotatable bonds is 4. The molecule has 2 aromatic heterocycles. The van der Waals surface area contributed by atoms with E-state index in [1.54, 1.807) is 22.2 Å². The molecule has 0 saturated heterocycles. The lowest BCUT2D eigenvalue weighted by molar-refractivity contribution is -0.141. The number of amides is 2. The molecule has 1 aliphatic heterocycles. The van der Waals surface area contributed by atoms with Crippen molar-refractivity contribution >= 4 is 17.5 Å². The molecule has 10 heteroatoms. The van der Waals surface area contributed by atoms with Crippen molar-refractivity contribution in [1.82, 2.24) is 14.9 Å². The van der Waals surface area contributed by atoms with Gasteiger partial charge in [0.25, 0.3) is 11.8 Å². The van der Waals surface area contributed by atoms with Crippen molar-refractivity contribution in [2.75, 3.05) is 31.7 Å². The van der Waals surface area contributed by atoms with Crippen LogP contribution in [0.2, 0.25) is 0 Å². The second-order valence-corrected chi connectivity index (χ2v) is 9.89. The van der Waals surface area contributed by atoms with Gasteiger partial charge in [0.05, 0.1) is 11.3 Å². The number of fused-ring (bicyclic) bond motifs is 1. The van der Waals surface area contributed by atoms with Gasteiger partial charge >= 0.3 is 6.18 Å². The van der Waals surface area contributed by atoms with E-state index in [9.17, 15) is 22.8 Å². The molecule has 0 N–H and O–H groups in total. The smallest absolute Gasteiger partial charge is 0.375 e. The van der Waals surface area contributed by atoms with Crippen LogP contribution in [-0.4, -0.2) is 53.5 Å². The number of anilines is 1. The van der Waals surface area contributed by atoms with Gasteiger partial charge in [0.2, 0.25) is 0 Å². The van der Waals surface area contributed by atoms with Crippen molar-refractivity contribution in [3.8, 4) is 11.1 Å². The predicted molar refractivity (Wildman–Crippen MR) is 146 cm³/mol. The van der Waals surface area contributed by atoms with E-state index >= 15 is 0 Å². The molecule has 7 nitrogen and oxygen atoms in total. The second-order valence-electron chi connectivity index (χ2n) is 9.89. The van der Waals surface area contributed by atoms with Crippen molar-refractivity contribution < 1.29 is 27.5 Å². The summed E-state index contributed by atoms with van der Waals surface area (Å²) in [6.45, 7) is 2.43. The number of aromatic nitrogens is 2. The van der Waals surface area contributed by atoms with Crippen LogP contribution in [0, 0.1) is 6.92 Å². The van der Waals surface area contributed by atoms with E-state index in [1.165, 1.54) is 20.1 Å². The Balaban J connectivity index is 1.78. The maximum atomic E-state index is 13.8. The number of methoxy groups -OCH3 is 1. The third kappa shape index (κ3) is 7.04. The maximum absolute atomic E-state index is 13.8. The fourth-order valence-electron chi connectivity index (χ4n) is 4.95. The summed E-state index contributed by atoms with van der Waals surface area (Å²) in [5.74, 6) is -0.584. The number of alkyl halides is 3. The number of halogens is 3. The summed E-state index contributed by atoms with van der Waals surface area (Å²) in [5, 5.41) is 0. The Morgan fingerprint density at radius 2 is 1.73 bits per heavy atom. The largest absolute Gasteiger partial charge is 0.433 e. The maximum Gasteiger partial charge on any atom is 0.433 e. The van der Waals surface area contributed by atoms with E-state index in [0.29, 0.717) is 18.8 Å². The number of carbonyl (C=O) groups is 2. The van der Waals surface area contributed by atoms with Crippen molar-refractivity contribution in [3.63, 3.8) is 0 Å². The molecule has 0 spiro atoms. The number of carbonyl (C=O) groups excluding carboxylic acids is 2. The summed E-state index contributed by atoms with van der Waals surface area (Å²) >= 11 is 0. The number of hydrogen-bond donors (Lipinski definition) is 0. The molecule has 1 aromatic carbocycles. The lowest BCUT2D eigenvalue weighted by Crippen LogP contribution is -2.37. The molecule has 0 saturated carbocycles. The average molecular weight is 555 g/mol. The van der Waals surface area contributed by atoms with Crippen molar-refractivity contribution in [3.05, 3.63) is 77.4 Å². The number of nitrogens with zero attached hydrogens (tertiary/aromatic N) is 4. The molecule has 40 heavy (non-hydrogen) atoms. The minimum Gasteiger partial charge on any atom is -0.375 e. The molecule has 212 valence electrons. The molecule has 2 amide bonds. The van der Waals surface area contributed by atoms with Crippen LogP contribution in [0.3, 0.4) is 0 Å². The number of aryl methyl sites for hydroxylation is 1. The van der Waals surface area contributed by atoms with Crippen LogP contribution >= 0.6 is 0 Å². The van der Waals surface area contributed by atoms with Gasteiger partial charge in [-0.05, 0) is 66.8 Å². The highest BCUT2D eigenvalue weighted by atomic mass is 19.4. The Morgan fingerprint density at radius 1 is 0.975 bits per heavy atom. The Kier molecular flexibility index (Phi) is 9.52. The predicted octanol–water partition coefficient (Wildman–Crippen LogP) is 6.06. The van der Waals surface area contributed by atoms with Crippen LogP contribution < -0.4 is 4.90 Å². The number of benzene rings is 1. The van der Waals surface area contributed by atoms with Gasteiger partial charge in [-0.15, -0.1) is 0 Å². The van der Waals surface area contributed by atoms with E-state index < -0.39 is 17.8 Å². The highest BCUT2D eigenvalue weighted by Crippen LogP contribution is 2.31. The fourth-order valence-corrected chi connectivity index (χ4v) is 4.95. The van der Waals surface area contributed by atoms with Gasteiger partial charge < -0.3 is 14.5 Å². The molecule has 0 aliphatic carbocycles. The summed E-state index contributed by atoms with van der Waals surface area (Å²) in [5.41, 5.74) is 2.29. The van der Waals surface area contributed by atoms with Crippen LogP contribution in [0.15, 0.2) is 54.9 Å². The molecule has 0 atom stereocenters. The molecule has 0 unspecified atom stereocenters. The highest BCUT2D eigenvalue weighted by Gasteiger charge is 2.33. The van der Waals surface area contributed by atoms with E-state index in [2.05, 4.69) is 9.97 Å². The topological polar surface area (TPSA) is 75.6 Å². The number of ether oxygens (including phenoxy) is 1. The van der Waals surface area contributed by atoms with Gasteiger partial charge in [-0.1, -0.05) is 31.4 Å². The summed E-state index contributed by atoms with van der Waals surface area (Å²) in [6, 6.07) is 11.6. The Hall–Kier alpha value is -3.79.